The van der Waals surface area contributed by atoms with Crippen LogP contribution in [0.15, 0.2) is 47.3 Å². The van der Waals surface area contributed by atoms with Crippen LogP contribution in [-0.2, 0) is 11.3 Å². The lowest BCUT2D eigenvalue weighted by Crippen LogP contribution is -2.48. The van der Waals surface area contributed by atoms with Crippen LogP contribution >= 0.6 is 0 Å². The Hall–Kier alpha value is -2.73. The number of fused-ring (bicyclic) bond motifs is 4. The molecule has 2 atom stereocenters. The highest BCUT2D eigenvalue weighted by Gasteiger charge is 2.34. The summed E-state index contributed by atoms with van der Waals surface area (Å²) in [5.74, 6) is 0.664. The van der Waals surface area contributed by atoms with E-state index in [2.05, 4.69) is 10.2 Å². The van der Waals surface area contributed by atoms with Crippen molar-refractivity contribution in [1.29, 1.82) is 0 Å². The molecule has 1 N–H and O–H groups in total. The molecule has 1 aromatic carbocycles. The Balaban J connectivity index is 1.41. The molecule has 4 rings (SSSR count). The number of nitrogens with one attached hydrogen (secondary N) is 1. The van der Waals surface area contributed by atoms with Crippen molar-refractivity contribution in [2.45, 2.75) is 32.7 Å². The molecule has 29 heavy (non-hydrogen) atoms. The Bertz CT molecular complexity index is 978. The van der Waals surface area contributed by atoms with Gasteiger partial charge in [-0.3, -0.25) is 19.3 Å². The van der Waals surface area contributed by atoms with Crippen LogP contribution in [0, 0.1) is 11.8 Å². The minimum atomic E-state index is -0.0872. The molecule has 1 fully saturated rings. The third kappa shape index (κ3) is 4.17. The maximum Gasteiger partial charge on any atom is 0.250 e. The van der Waals surface area contributed by atoms with Crippen molar-refractivity contribution in [3.05, 3.63) is 64.1 Å². The molecule has 2 aliphatic rings. The zero-order valence-electron chi connectivity index (χ0n) is 16.9. The van der Waals surface area contributed by atoms with Crippen molar-refractivity contribution >= 4 is 17.4 Å². The van der Waals surface area contributed by atoms with E-state index in [1.807, 2.05) is 30.5 Å². The lowest BCUT2D eigenvalue weighted by molar-refractivity contribution is -0.118. The Morgan fingerprint density at radius 3 is 2.55 bits per heavy atom. The van der Waals surface area contributed by atoms with Crippen LogP contribution in [0.3, 0.4) is 0 Å². The van der Waals surface area contributed by atoms with Crippen LogP contribution in [0.25, 0.3) is 0 Å². The summed E-state index contributed by atoms with van der Waals surface area (Å²) in [6.45, 7) is 6.44. The summed E-state index contributed by atoms with van der Waals surface area (Å²) in [5.41, 5.74) is 2.53. The summed E-state index contributed by atoms with van der Waals surface area (Å²) in [5, 5.41) is 2.84. The van der Waals surface area contributed by atoms with E-state index in [1.165, 1.54) is 0 Å². The summed E-state index contributed by atoms with van der Waals surface area (Å²) >= 11 is 0. The highest BCUT2D eigenvalue weighted by molar-refractivity contribution is 5.98. The summed E-state index contributed by atoms with van der Waals surface area (Å²) in [4.78, 5) is 38.9. The number of piperidine rings is 1. The zero-order valence-corrected chi connectivity index (χ0v) is 16.9. The first-order valence-electron chi connectivity index (χ1n) is 10.3. The number of aromatic nitrogens is 1. The number of carbonyl (C=O) groups excluding carboxylic acids is 2. The molecular weight excluding hydrogens is 366 g/mol. The summed E-state index contributed by atoms with van der Waals surface area (Å²) in [7, 11) is 0. The number of anilines is 1. The second kappa shape index (κ2) is 7.95. The van der Waals surface area contributed by atoms with Gasteiger partial charge in [0.05, 0.1) is 6.54 Å². The van der Waals surface area contributed by atoms with Crippen LogP contribution in [0.4, 0.5) is 5.69 Å². The monoisotopic (exact) mass is 393 g/mol. The van der Waals surface area contributed by atoms with Gasteiger partial charge in [-0.2, -0.15) is 0 Å². The predicted octanol–water partition coefficient (Wildman–Crippen LogP) is 2.74. The molecule has 0 saturated carbocycles. The van der Waals surface area contributed by atoms with Crippen LogP contribution < -0.4 is 10.9 Å². The van der Waals surface area contributed by atoms with Crippen molar-refractivity contribution in [2.75, 3.05) is 25.0 Å². The smallest absolute Gasteiger partial charge is 0.250 e. The highest BCUT2D eigenvalue weighted by Crippen LogP contribution is 2.34. The van der Waals surface area contributed by atoms with E-state index in [1.54, 1.807) is 30.3 Å². The molecule has 2 bridgehead atoms. The Morgan fingerprint density at radius 1 is 1.07 bits per heavy atom. The standard InChI is InChI=1S/C23H27N3O3/c1-15(2)23(29)24-19-8-6-17(7-9-19)21(27)14-25-11-16-10-18(13-25)20-4-3-5-22(28)26(20)12-16/h3-9,15-16,18H,10-14H2,1-2H3,(H,24,29)/t16-,18+/m1/s1. The summed E-state index contributed by atoms with van der Waals surface area (Å²) < 4.78 is 1.90. The van der Waals surface area contributed by atoms with E-state index in [4.69, 9.17) is 0 Å². The van der Waals surface area contributed by atoms with Gasteiger partial charge < -0.3 is 9.88 Å². The number of pyridine rings is 1. The third-order valence-electron chi connectivity index (χ3n) is 5.92. The predicted molar refractivity (Wildman–Crippen MR) is 112 cm³/mol. The van der Waals surface area contributed by atoms with Gasteiger partial charge in [-0.05, 0) is 42.7 Å². The first-order valence-corrected chi connectivity index (χ1v) is 10.3. The molecule has 0 radical (unpaired) electrons. The van der Waals surface area contributed by atoms with E-state index >= 15 is 0 Å². The van der Waals surface area contributed by atoms with Crippen LogP contribution in [0.5, 0.6) is 0 Å². The van der Waals surface area contributed by atoms with E-state index in [0.717, 1.165) is 31.7 Å². The Labute approximate surface area is 170 Å². The van der Waals surface area contributed by atoms with E-state index in [9.17, 15) is 14.4 Å². The topological polar surface area (TPSA) is 71.4 Å². The van der Waals surface area contributed by atoms with Gasteiger partial charge in [0.25, 0.3) is 5.56 Å². The van der Waals surface area contributed by atoms with Crippen LogP contribution in [0.2, 0.25) is 0 Å². The minimum Gasteiger partial charge on any atom is -0.326 e. The van der Waals surface area contributed by atoms with Crippen molar-refractivity contribution in [1.82, 2.24) is 9.47 Å². The molecule has 152 valence electrons. The average molecular weight is 393 g/mol. The second-order valence-corrected chi connectivity index (χ2v) is 8.54. The highest BCUT2D eigenvalue weighted by atomic mass is 16.2. The number of benzene rings is 1. The number of hydrogen-bond acceptors (Lipinski definition) is 4. The molecule has 6 nitrogen and oxygen atoms in total. The maximum absolute atomic E-state index is 12.8. The Morgan fingerprint density at radius 2 is 1.83 bits per heavy atom. The molecule has 1 amide bonds. The molecule has 1 saturated heterocycles. The zero-order chi connectivity index (χ0) is 20.5. The van der Waals surface area contributed by atoms with Gasteiger partial charge in [0, 0.05) is 54.5 Å². The van der Waals surface area contributed by atoms with Gasteiger partial charge in [-0.25, -0.2) is 0 Å². The van der Waals surface area contributed by atoms with Gasteiger partial charge in [0.1, 0.15) is 0 Å². The fraction of sp³-hybridized carbons (Fsp3) is 0.435. The van der Waals surface area contributed by atoms with Gasteiger partial charge in [0.2, 0.25) is 5.91 Å². The SMILES string of the molecule is CC(C)C(=O)Nc1ccc(C(=O)CN2C[C@H]3C[C@@H](C2)c2cccc(=O)n2C3)cc1. The number of amides is 1. The van der Waals surface area contributed by atoms with Gasteiger partial charge in [-0.15, -0.1) is 0 Å². The quantitative estimate of drug-likeness (QED) is 0.793. The van der Waals surface area contributed by atoms with Crippen molar-refractivity contribution in [3.63, 3.8) is 0 Å². The molecule has 6 heteroatoms. The first kappa shape index (κ1) is 19.6. The molecule has 0 unspecified atom stereocenters. The molecule has 3 heterocycles. The fourth-order valence-electron chi connectivity index (χ4n) is 4.45. The summed E-state index contributed by atoms with van der Waals surface area (Å²) in [6.07, 6.45) is 1.08. The second-order valence-electron chi connectivity index (χ2n) is 8.54. The largest absolute Gasteiger partial charge is 0.326 e. The number of hydrogen-bond donors (Lipinski definition) is 1. The average Bonchev–Trinajstić information content (AvgIpc) is 2.69. The van der Waals surface area contributed by atoms with Crippen LogP contribution in [-0.4, -0.2) is 40.8 Å². The maximum atomic E-state index is 12.8. The van der Waals surface area contributed by atoms with E-state index in [0.29, 0.717) is 29.6 Å². The number of Topliss-reactive ketones (excluding diaryl/α,β-unsaturated/α-hetero) is 1. The number of ketones is 1. The molecule has 2 aromatic rings. The number of nitrogens with zero attached hydrogens (tertiary/aromatic N) is 2. The number of likely N-dealkylation sites (tertiary alicyclic amines) is 1. The van der Waals surface area contributed by atoms with Crippen LogP contribution in [0.1, 0.15) is 42.2 Å². The third-order valence-corrected chi connectivity index (χ3v) is 5.92. The Kier molecular flexibility index (Phi) is 5.37. The molecule has 2 aliphatic heterocycles. The summed E-state index contributed by atoms with van der Waals surface area (Å²) in [6, 6.07) is 12.6. The normalized spacial score (nSPS) is 20.9. The van der Waals surface area contributed by atoms with Gasteiger partial charge >= 0.3 is 0 Å². The molecular formula is C23H27N3O3. The number of rotatable bonds is 5. The molecule has 0 spiro atoms. The minimum absolute atomic E-state index is 0.0386. The van der Waals surface area contributed by atoms with Crippen molar-refractivity contribution < 1.29 is 9.59 Å². The molecule has 1 aromatic heterocycles. The van der Waals surface area contributed by atoms with Gasteiger partial charge in [-0.1, -0.05) is 19.9 Å². The fourth-order valence-corrected chi connectivity index (χ4v) is 4.45. The van der Waals surface area contributed by atoms with Crippen molar-refractivity contribution in [3.8, 4) is 0 Å². The first-order chi connectivity index (χ1) is 13.9. The molecule has 0 aliphatic carbocycles. The lowest BCUT2D eigenvalue weighted by atomic mass is 9.83. The van der Waals surface area contributed by atoms with E-state index in [-0.39, 0.29) is 23.2 Å². The van der Waals surface area contributed by atoms with E-state index < -0.39 is 0 Å². The number of carbonyl (C=O) groups is 2. The van der Waals surface area contributed by atoms with Crippen molar-refractivity contribution in [2.24, 2.45) is 11.8 Å². The lowest BCUT2D eigenvalue weighted by Gasteiger charge is -2.42. The van der Waals surface area contributed by atoms with Gasteiger partial charge in [0.15, 0.2) is 5.78 Å².